The van der Waals surface area contributed by atoms with Gasteiger partial charge in [-0.2, -0.15) is 0 Å². The maximum absolute atomic E-state index is 10.3. The number of hydrogen-bond acceptors (Lipinski definition) is 4. The van der Waals surface area contributed by atoms with Gasteiger partial charge in [-0.05, 0) is 26.0 Å². The first-order valence-corrected chi connectivity index (χ1v) is 4.34. The predicted molar refractivity (Wildman–Crippen MR) is 53.6 cm³/mol. The van der Waals surface area contributed by atoms with Crippen molar-refractivity contribution in [3.63, 3.8) is 0 Å². The zero-order valence-electron chi connectivity index (χ0n) is 8.64. The lowest BCUT2D eigenvalue weighted by molar-refractivity contribution is -0.128. The maximum atomic E-state index is 10.3. The summed E-state index contributed by atoms with van der Waals surface area (Å²) in [7, 11) is 0. The molecule has 1 N–H and O–H groups in total. The van der Waals surface area contributed by atoms with Crippen LogP contribution in [-0.2, 0) is 9.53 Å². The number of aryl methyl sites for hydroxylation is 1. The molecule has 0 radical (unpaired) electrons. The Morgan fingerprint density at radius 3 is 2.53 bits per heavy atom. The van der Waals surface area contributed by atoms with Crippen LogP contribution in [0.3, 0.4) is 0 Å². The largest absolute Gasteiger partial charge is 0.477 e. The first kappa shape index (κ1) is 13.1. The number of carbonyl (C=O) groups excluding carboxylic acids is 1. The van der Waals surface area contributed by atoms with Gasteiger partial charge in [0.1, 0.15) is 5.69 Å². The van der Waals surface area contributed by atoms with Crippen LogP contribution in [-0.4, -0.2) is 29.1 Å². The molecule has 1 aromatic heterocycles. The van der Waals surface area contributed by atoms with Crippen LogP contribution in [0.25, 0.3) is 0 Å². The molecule has 82 valence electrons. The normalized spacial score (nSPS) is 8.40. The van der Waals surface area contributed by atoms with Gasteiger partial charge in [-0.15, -0.1) is 0 Å². The Morgan fingerprint density at radius 1 is 1.60 bits per heavy atom. The number of pyridine rings is 1. The zero-order chi connectivity index (χ0) is 11.7. The van der Waals surface area contributed by atoms with E-state index >= 15 is 0 Å². The molecule has 5 heteroatoms. The molecule has 0 saturated heterocycles. The fourth-order valence-corrected chi connectivity index (χ4v) is 0.730. The lowest BCUT2D eigenvalue weighted by atomic mass is 10.3. The molecule has 0 saturated carbocycles. The minimum atomic E-state index is -0.983. The minimum Gasteiger partial charge on any atom is -0.477 e. The summed E-state index contributed by atoms with van der Waals surface area (Å²) >= 11 is 0. The van der Waals surface area contributed by atoms with E-state index in [0.717, 1.165) is 5.69 Å². The predicted octanol–water partition coefficient (Wildman–Crippen LogP) is 1.27. The summed E-state index contributed by atoms with van der Waals surface area (Å²) in [6.45, 7) is 4.42. The average Bonchev–Trinajstić information content (AvgIpc) is 2.20. The molecule has 0 spiro atoms. The number of ether oxygens (including phenoxy) is 1. The van der Waals surface area contributed by atoms with Crippen molar-refractivity contribution in [2.75, 3.05) is 6.61 Å². The number of carbonyl (C=O) groups is 2. The summed E-state index contributed by atoms with van der Waals surface area (Å²) in [6.07, 6.45) is 0. The number of nitrogens with zero attached hydrogens (tertiary/aromatic N) is 1. The van der Waals surface area contributed by atoms with Crippen molar-refractivity contribution in [3.8, 4) is 0 Å². The zero-order valence-corrected chi connectivity index (χ0v) is 8.64. The van der Waals surface area contributed by atoms with Gasteiger partial charge in [-0.1, -0.05) is 6.07 Å². The first-order chi connectivity index (χ1) is 7.11. The highest BCUT2D eigenvalue weighted by Crippen LogP contribution is 1.96. The smallest absolute Gasteiger partial charge is 0.354 e. The molecule has 5 nitrogen and oxygen atoms in total. The molecule has 0 aliphatic carbocycles. The number of rotatable bonds is 3. The summed E-state index contributed by atoms with van der Waals surface area (Å²) in [5, 5.41) is 8.45. The van der Waals surface area contributed by atoms with Crippen molar-refractivity contribution in [1.82, 2.24) is 4.98 Å². The number of carboxylic acid groups (broad SMARTS) is 1. The summed E-state index contributed by atoms with van der Waals surface area (Å²) in [6, 6.07) is 4.90. The molecule has 0 atom stereocenters. The van der Waals surface area contributed by atoms with E-state index in [9.17, 15) is 9.59 Å². The van der Waals surface area contributed by atoms with Gasteiger partial charge in [0.15, 0.2) is 0 Å². The maximum Gasteiger partial charge on any atom is 0.354 e. The van der Waals surface area contributed by atoms with Crippen molar-refractivity contribution in [2.45, 2.75) is 13.8 Å². The molecule has 0 bridgehead atoms. The quantitative estimate of drug-likeness (QED) is 0.762. The van der Waals surface area contributed by atoms with Crippen molar-refractivity contribution >= 4 is 12.4 Å². The molecule has 0 unspecified atom stereocenters. The molecule has 0 aliphatic heterocycles. The number of aromatic nitrogens is 1. The van der Waals surface area contributed by atoms with E-state index in [2.05, 4.69) is 9.72 Å². The van der Waals surface area contributed by atoms with E-state index in [0.29, 0.717) is 13.1 Å². The fourth-order valence-electron chi connectivity index (χ4n) is 0.730. The number of aromatic carboxylic acids is 1. The molecule has 1 heterocycles. The van der Waals surface area contributed by atoms with Crippen LogP contribution in [0.4, 0.5) is 0 Å². The molecule has 0 amide bonds. The summed E-state index contributed by atoms with van der Waals surface area (Å²) < 4.78 is 4.15. The van der Waals surface area contributed by atoms with E-state index in [-0.39, 0.29) is 5.69 Å². The molecule has 15 heavy (non-hydrogen) atoms. The summed E-state index contributed by atoms with van der Waals surface area (Å²) in [5.74, 6) is -0.983. The van der Waals surface area contributed by atoms with Crippen molar-refractivity contribution < 1.29 is 19.4 Å². The van der Waals surface area contributed by atoms with Crippen LogP contribution in [0.1, 0.15) is 23.1 Å². The lowest BCUT2D eigenvalue weighted by Crippen LogP contribution is -1.99. The van der Waals surface area contributed by atoms with Crippen molar-refractivity contribution in [2.24, 2.45) is 0 Å². The fraction of sp³-hybridized carbons (Fsp3) is 0.300. The monoisotopic (exact) mass is 211 g/mol. The Morgan fingerprint density at radius 2 is 2.27 bits per heavy atom. The summed E-state index contributed by atoms with van der Waals surface area (Å²) in [5.41, 5.74) is 0.819. The second kappa shape index (κ2) is 7.49. The standard InChI is InChI=1S/C7H7NO2.C3H6O2/c1-5-3-2-4-6(8-5)7(9)10;1-2-5-3-4/h2-4H,1H3,(H,9,10);3H,2H2,1H3. The molecular weight excluding hydrogens is 198 g/mol. The highest BCUT2D eigenvalue weighted by atomic mass is 16.5. The Hall–Kier alpha value is -1.91. The van der Waals surface area contributed by atoms with Crippen molar-refractivity contribution in [1.29, 1.82) is 0 Å². The van der Waals surface area contributed by atoms with Gasteiger partial charge in [-0.25, -0.2) is 9.78 Å². The second-order valence-corrected chi connectivity index (χ2v) is 2.52. The van der Waals surface area contributed by atoms with Crippen molar-refractivity contribution in [3.05, 3.63) is 29.6 Å². The van der Waals surface area contributed by atoms with E-state index in [1.54, 1.807) is 26.0 Å². The number of hydrogen-bond donors (Lipinski definition) is 1. The average molecular weight is 211 g/mol. The van der Waals surface area contributed by atoms with Gasteiger partial charge < -0.3 is 9.84 Å². The van der Waals surface area contributed by atoms with Crippen LogP contribution in [0.15, 0.2) is 18.2 Å². The summed E-state index contributed by atoms with van der Waals surface area (Å²) in [4.78, 5) is 23.2. The third-order valence-electron chi connectivity index (χ3n) is 1.34. The van der Waals surface area contributed by atoms with Gasteiger partial charge in [0.05, 0.1) is 6.61 Å². The third kappa shape index (κ3) is 6.20. The first-order valence-electron chi connectivity index (χ1n) is 4.34. The Kier molecular flexibility index (Phi) is 6.54. The number of carboxylic acids is 1. The van der Waals surface area contributed by atoms with Gasteiger partial charge in [0, 0.05) is 5.69 Å². The molecule has 1 rings (SSSR count). The molecule has 0 fully saturated rings. The van der Waals surface area contributed by atoms with Crippen LogP contribution >= 0.6 is 0 Å². The topological polar surface area (TPSA) is 76.5 Å². The van der Waals surface area contributed by atoms with Crippen LogP contribution in [0.5, 0.6) is 0 Å². The SMILES string of the molecule is CCOC=O.Cc1cccc(C(=O)O)n1. The van der Waals surface area contributed by atoms with E-state index in [1.807, 2.05) is 0 Å². The van der Waals surface area contributed by atoms with E-state index in [4.69, 9.17) is 5.11 Å². The third-order valence-corrected chi connectivity index (χ3v) is 1.34. The van der Waals surface area contributed by atoms with Crippen LogP contribution in [0, 0.1) is 6.92 Å². The molecular formula is C10H13NO4. The minimum absolute atomic E-state index is 0.0972. The Balaban J connectivity index is 0.000000336. The molecule has 0 aliphatic rings. The Labute approximate surface area is 87.7 Å². The van der Waals surface area contributed by atoms with Crippen LogP contribution in [0.2, 0.25) is 0 Å². The van der Waals surface area contributed by atoms with Gasteiger partial charge in [0.2, 0.25) is 0 Å². The Bertz CT molecular complexity index is 325. The molecule has 0 aromatic carbocycles. The van der Waals surface area contributed by atoms with Gasteiger partial charge >= 0.3 is 5.97 Å². The molecule has 1 aromatic rings. The lowest BCUT2D eigenvalue weighted by Gasteiger charge is -1.92. The van der Waals surface area contributed by atoms with Gasteiger partial charge in [0.25, 0.3) is 6.47 Å². The van der Waals surface area contributed by atoms with Gasteiger partial charge in [-0.3, -0.25) is 4.79 Å². The van der Waals surface area contributed by atoms with E-state index < -0.39 is 5.97 Å². The van der Waals surface area contributed by atoms with Crippen LogP contribution < -0.4 is 0 Å². The highest BCUT2D eigenvalue weighted by molar-refractivity contribution is 5.85. The highest BCUT2D eigenvalue weighted by Gasteiger charge is 2.01. The second-order valence-electron chi connectivity index (χ2n) is 2.52. The van der Waals surface area contributed by atoms with E-state index in [1.165, 1.54) is 6.07 Å².